The van der Waals surface area contributed by atoms with Crippen LogP contribution in [0.15, 0.2) is 0 Å². The van der Waals surface area contributed by atoms with Crippen molar-refractivity contribution in [1.29, 1.82) is 0 Å². The van der Waals surface area contributed by atoms with Gasteiger partial charge in [-0.05, 0) is 6.92 Å². The smallest absolute Gasteiger partial charge is 0.224 e. The Balaban J connectivity index is 2.95. The third kappa shape index (κ3) is 5.76. The maximum atomic E-state index is 10.5. The molecule has 0 aliphatic carbocycles. The van der Waals surface area contributed by atoms with Crippen molar-refractivity contribution < 1.29 is 14.9 Å². The van der Waals surface area contributed by atoms with E-state index in [0.717, 1.165) is 6.42 Å². The molecule has 0 aromatic heterocycles. The standard InChI is InChI=1S/C6H13O3/c1-3-5-6(7)9-8-4-2/h6H,3-5H2,1-2H3. The van der Waals surface area contributed by atoms with E-state index in [-0.39, 0.29) is 0 Å². The topological polar surface area (TPSA) is 38.4 Å². The third-order valence-electron chi connectivity index (χ3n) is 0.818. The maximum absolute atomic E-state index is 10.5. The Morgan fingerprint density at radius 2 is 2.11 bits per heavy atom. The summed E-state index contributed by atoms with van der Waals surface area (Å²) in [5, 5.41) is 10.5. The molecule has 3 nitrogen and oxygen atoms in total. The Kier molecular flexibility index (Phi) is 5.93. The van der Waals surface area contributed by atoms with E-state index in [1.165, 1.54) is 0 Å². The van der Waals surface area contributed by atoms with E-state index in [9.17, 15) is 5.11 Å². The maximum Gasteiger partial charge on any atom is 0.224 e. The van der Waals surface area contributed by atoms with Crippen LogP contribution in [0, 0.1) is 0 Å². The molecule has 0 aliphatic rings. The van der Waals surface area contributed by atoms with Crippen molar-refractivity contribution in [3.05, 3.63) is 0 Å². The van der Waals surface area contributed by atoms with Crippen LogP contribution in [0.25, 0.3) is 0 Å². The fourth-order valence-electron chi connectivity index (χ4n) is 0.428. The second-order valence-electron chi connectivity index (χ2n) is 1.72. The van der Waals surface area contributed by atoms with Gasteiger partial charge in [0.15, 0.2) is 0 Å². The van der Waals surface area contributed by atoms with Gasteiger partial charge in [-0.3, -0.25) is 0 Å². The quantitative estimate of drug-likeness (QED) is 0.324. The predicted molar refractivity (Wildman–Crippen MR) is 32.1 cm³/mol. The van der Waals surface area contributed by atoms with E-state index in [2.05, 4.69) is 9.78 Å². The predicted octanol–water partition coefficient (Wildman–Crippen LogP) is 1.51. The molecule has 0 aromatic rings. The molecule has 55 valence electrons. The fourth-order valence-corrected chi connectivity index (χ4v) is 0.428. The zero-order valence-corrected chi connectivity index (χ0v) is 5.92. The average molecular weight is 133 g/mol. The Bertz CT molecular complexity index is 56.3. The van der Waals surface area contributed by atoms with Gasteiger partial charge in [0.05, 0.1) is 6.61 Å². The van der Waals surface area contributed by atoms with Crippen molar-refractivity contribution in [2.75, 3.05) is 6.61 Å². The summed E-state index contributed by atoms with van der Waals surface area (Å²) in [6.07, 6.45) is 0.344. The summed E-state index contributed by atoms with van der Waals surface area (Å²) < 4.78 is 0. The van der Waals surface area contributed by atoms with Crippen molar-refractivity contribution in [2.45, 2.75) is 33.0 Å². The lowest BCUT2D eigenvalue weighted by atomic mass is 10.3. The molecule has 1 atom stereocenters. The number of hydrogen-bond donors (Lipinski definition) is 0. The van der Waals surface area contributed by atoms with Crippen LogP contribution in [-0.2, 0) is 14.9 Å². The lowest BCUT2D eigenvalue weighted by molar-refractivity contribution is -0.381. The molecule has 0 bridgehead atoms. The lowest BCUT2D eigenvalue weighted by Gasteiger charge is -2.04. The van der Waals surface area contributed by atoms with E-state index < -0.39 is 6.29 Å². The van der Waals surface area contributed by atoms with Crippen LogP contribution in [0.4, 0.5) is 0 Å². The largest absolute Gasteiger partial charge is 0.234 e. The van der Waals surface area contributed by atoms with E-state index in [4.69, 9.17) is 0 Å². The second-order valence-corrected chi connectivity index (χ2v) is 1.72. The highest BCUT2D eigenvalue weighted by Crippen LogP contribution is 1.98. The van der Waals surface area contributed by atoms with Gasteiger partial charge in [-0.2, -0.15) is 5.11 Å². The summed E-state index contributed by atoms with van der Waals surface area (Å²) in [7, 11) is 0. The van der Waals surface area contributed by atoms with Crippen molar-refractivity contribution >= 4 is 0 Å². The summed E-state index contributed by atoms with van der Waals surface area (Å²) in [4.78, 5) is 8.81. The Morgan fingerprint density at radius 3 is 2.56 bits per heavy atom. The van der Waals surface area contributed by atoms with Gasteiger partial charge in [-0.1, -0.05) is 13.3 Å². The number of hydrogen-bond acceptors (Lipinski definition) is 2. The molecule has 0 spiro atoms. The summed E-state index contributed by atoms with van der Waals surface area (Å²) >= 11 is 0. The SMILES string of the molecule is CCCC([O])OOCC. The first-order valence-electron chi connectivity index (χ1n) is 3.25. The molecule has 0 fully saturated rings. The van der Waals surface area contributed by atoms with Gasteiger partial charge in [-0.15, -0.1) is 0 Å². The summed E-state index contributed by atoms with van der Waals surface area (Å²) in [5.41, 5.74) is 0. The first-order chi connectivity index (χ1) is 4.31. The fraction of sp³-hybridized carbons (Fsp3) is 1.00. The lowest BCUT2D eigenvalue weighted by Crippen LogP contribution is -2.09. The van der Waals surface area contributed by atoms with Crippen molar-refractivity contribution in [1.82, 2.24) is 0 Å². The molecule has 1 unspecified atom stereocenters. The minimum absolute atomic E-state index is 0.433. The molecule has 0 aliphatic heterocycles. The molecule has 1 radical (unpaired) electrons. The molecular weight excluding hydrogens is 120 g/mol. The van der Waals surface area contributed by atoms with Gasteiger partial charge >= 0.3 is 0 Å². The average Bonchev–Trinajstić information content (AvgIpc) is 1.85. The van der Waals surface area contributed by atoms with Crippen LogP contribution in [0.2, 0.25) is 0 Å². The van der Waals surface area contributed by atoms with Gasteiger partial charge in [-0.25, -0.2) is 9.78 Å². The van der Waals surface area contributed by atoms with E-state index in [1.54, 1.807) is 6.92 Å². The molecule has 0 saturated heterocycles. The molecule has 0 rings (SSSR count). The van der Waals surface area contributed by atoms with Crippen molar-refractivity contribution in [3.8, 4) is 0 Å². The van der Waals surface area contributed by atoms with Gasteiger partial charge in [0.25, 0.3) is 0 Å². The molecule has 0 amide bonds. The van der Waals surface area contributed by atoms with Crippen LogP contribution in [0.1, 0.15) is 26.7 Å². The highest BCUT2D eigenvalue weighted by Gasteiger charge is 2.03. The molecule has 3 heteroatoms. The van der Waals surface area contributed by atoms with Crippen molar-refractivity contribution in [2.24, 2.45) is 0 Å². The molecule has 0 saturated carbocycles. The summed E-state index contributed by atoms with van der Waals surface area (Å²) in [5.74, 6) is 0. The van der Waals surface area contributed by atoms with Crippen molar-refractivity contribution in [3.63, 3.8) is 0 Å². The van der Waals surface area contributed by atoms with Gasteiger partial charge < -0.3 is 0 Å². The molecule has 0 heterocycles. The highest BCUT2D eigenvalue weighted by atomic mass is 17.2. The van der Waals surface area contributed by atoms with Crippen LogP contribution in [-0.4, -0.2) is 12.9 Å². The first kappa shape index (κ1) is 8.88. The minimum atomic E-state index is -1.00. The minimum Gasteiger partial charge on any atom is -0.234 e. The van der Waals surface area contributed by atoms with Crippen LogP contribution in [0.5, 0.6) is 0 Å². The third-order valence-corrected chi connectivity index (χ3v) is 0.818. The number of rotatable bonds is 5. The van der Waals surface area contributed by atoms with E-state index in [0.29, 0.717) is 13.0 Å². The van der Waals surface area contributed by atoms with E-state index in [1.807, 2.05) is 6.92 Å². The zero-order valence-electron chi connectivity index (χ0n) is 5.92. The van der Waals surface area contributed by atoms with Crippen LogP contribution >= 0.6 is 0 Å². The zero-order chi connectivity index (χ0) is 7.11. The van der Waals surface area contributed by atoms with Gasteiger partial charge in [0, 0.05) is 6.42 Å². The molecular formula is C6H13O3. The monoisotopic (exact) mass is 133 g/mol. The van der Waals surface area contributed by atoms with Gasteiger partial charge in [0.1, 0.15) is 0 Å². The van der Waals surface area contributed by atoms with Crippen LogP contribution in [0.3, 0.4) is 0 Å². The van der Waals surface area contributed by atoms with E-state index >= 15 is 0 Å². The Morgan fingerprint density at radius 1 is 1.44 bits per heavy atom. The van der Waals surface area contributed by atoms with Crippen LogP contribution < -0.4 is 0 Å². The summed E-state index contributed by atoms with van der Waals surface area (Å²) in [6.45, 7) is 4.14. The molecule has 9 heavy (non-hydrogen) atoms. The van der Waals surface area contributed by atoms with Gasteiger partial charge in [0.2, 0.25) is 6.29 Å². The second kappa shape index (κ2) is 6.01. The normalized spacial score (nSPS) is 13.7. The highest BCUT2D eigenvalue weighted by molar-refractivity contribution is 4.33. The Labute approximate surface area is 55.5 Å². The molecule has 0 aromatic carbocycles. The first-order valence-corrected chi connectivity index (χ1v) is 3.25. The summed E-state index contributed by atoms with van der Waals surface area (Å²) in [6, 6.07) is 0. The molecule has 0 N–H and O–H groups in total. The Hall–Kier alpha value is -0.120.